The molecule has 2 aliphatic rings. The van der Waals surface area contributed by atoms with Crippen molar-refractivity contribution < 1.29 is 24.2 Å². The van der Waals surface area contributed by atoms with E-state index >= 15 is 0 Å². The number of aliphatic carboxylic acids is 1. The fourth-order valence-electron chi connectivity index (χ4n) is 4.58. The maximum absolute atomic E-state index is 12.9. The van der Waals surface area contributed by atoms with Crippen LogP contribution in [0.1, 0.15) is 56.6 Å². The van der Waals surface area contributed by atoms with E-state index in [2.05, 4.69) is 22.8 Å². The Bertz CT molecular complexity index is 1020. The highest BCUT2D eigenvalue weighted by atomic mass is 16.5. The first kappa shape index (κ1) is 22.8. The number of benzene rings is 2. The van der Waals surface area contributed by atoms with Gasteiger partial charge in [-0.1, -0.05) is 61.9 Å². The first-order valence-corrected chi connectivity index (χ1v) is 11.5. The zero-order valence-electron chi connectivity index (χ0n) is 19.0. The number of amides is 2. The number of nitrogens with one attached hydrogen (secondary N) is 2. The van der Waals surface area contributed by atoms with Gasteiger partial charge in [0.05, 0.1) is 0 Å². The standard InChI is InChI=1S/C26H30N2O5/c1-3-26(2,24(30)31)28-23(29)22(16-9-8-10-16)27-25(32)33-15-21-19-13-6-4-11-17(19)18-12-5-7-14-20(18)21/h4-7,11-14,16,21-22H,3,8-10,15H2,1-2H3,(H,27,32)(H,28,29)(H,30,31). The molecule has 2 aromatic rings. The normalized spacial score (nSPS) is 17.6. The van der Waals surface area contributed by atoms with Crippen LogP contribution in [0.2, 0.25) is 0 Å². The highest BCUT2D eigenvalue weighted by molar-refractivity contribution is 5.91. The maximum atomic E-state index is 12.9. The Kier molecular flexibility index (Phi) is 6.40. The van der Waals surface area contributed by atoms with Gasteiger partial charge in [0, 0.05) is 5.92 Å². The minimum absolute atomic E-state index is 0.0274. The van der Waals surface area contributed by atoms with E-state index in [0.29, 0.717) is 0 Å². The van der Waals surface area contributed by atoms with Gasteiger partial charge >= 0.3 is 12.1 Å². The molecule has 0 radical (unpaired) electrons. The molecule has 33 heavy (non-hydrogen) atoms. The van der Waals surface area contributed by atoms with E-state index in [0.717, 1.165) is 41.5 Å². The van der Waals surface area contributed by atoms with E-state index in [1.54, 1.807) is 6.92 Å². The molecule has 2 amide bonds. The molecule has 0 aliphatic heterocycles. The fourth-order valence-corrected chi connectivity index (χ4v) is 4.58. The highest BCUT2D eigenvalue weighted by Crippen LogP contribution is 2.44. The third kappa shape index (κ3) is 4.45. The Morgan fingerprint density at radius 2 is 1.64 bits per heavy atom. The number of carboxylic acids is 1. The van der Waals surface area contributed by atoms with Gasteiger partial charge in [-0.05, 0) is 54.4 Å². The van der Waals surface area contributed by atoms with Gasteiger partial charge in [0.1, 0.15) is 18.2 Å². The number of carbonyl (C=O) groups is 3. The zero-order chi connectivity index (χ0) is 23.6. The number of fused-ring (bicyclic) bond motifs is 3. The number of rotatable bonds is 8. The van der Waals surface area contributed by atoms with Crippen LogP contribution in [0.4, 0.5) is 4.79 Å². The fraction of sp³-hybridized carbons (Fsp3) is 0.423. The summed E-state index contributed by atoms with van der Waals surface area (Å²) in [7, 11) is 0. The van der Waals surface area contributed by atoms with Crippen molar-refractivity contribution in [3.05, 3.63) is 59.7 Å². The average Bonchev–Trinajstić information content (AvgIpc) is 3.09. The van der Waals surface area contributed by atoms with Crippen molar-refractivity contribution in [2.24, 2.45) is 5.92 Å². The minimum atomic E-state index is -1.39. The van der Waals surface area contributed by atoms with Gasteiger partial charge in [0.25, 0.3) is 0 Å². The van der Waals surface area contributed by atoms with Gasteiger partial charge in [-0.25, -0.2) is 9.59 Å². The molecule has 4 rings (SSSR count). The van der Waals surface area contributed by atoms with Crippen molar-refractivity contribution in [2.45, 2.75) is 57.0 Å². The van der Waals surface area contributed by atoms with Crippen molar-refractivity contribution in [2.75, 3.05) is 6.61 Å². The number of hydrogen-bond acceptors (Lipinski definition) is 4. The molecule has 0 saturated heterocycles. The second-order valence-corrected chi connectivity index (χ2v) is 9.12. The van der Waals surface area contributed by atoms with E-state index in [4.69, 9.17) is 4.74 Å². The van der Waals surface area contributed by atoms with Crippen molar-refractivity contribution in [1.82, 2.24) is 10.6 Å². The number of ether oxygens (including phenoxy) is 1. The van der Waals surface area contributed by atoms with E-state index in [1.807, 2.05) is 36.4 Å². The summed E-state index contributed by atoms with van der Waals surface area (Å²) in [5.41, 5.74) is 3.12. The first-order chi connectivity index (χ1) is 15.8. The quantitative estimate of drug-likeness (QED) is 0.563. The molecule has 3 N–H and O–H groups in total. The molecule has 1 saturated carbocycles. The van der Waals surface area contributed by atoms with Crippen LogP contribution < -0.4 is 10.6 Å². The van der Waals surface area contributed by atoms with Crippen LogP contribution in [-0.4, -0.2) is 41.3 Å². The van der Waals surface area contributed by atoms with Gasteiger partial charge in [-0.15, -0.1) is 0 Å². The molecule has 2 unspecified atom stereocenters. The van der Waals surface area contributed by atoms with Gasteiger partial charge in [0.2, 0.25) is 5.91 Å². The smallest absolute Gasteiger partial charge is 0.407 e. The molecule has 0 bridgehead atoms. The molecule has 2 atom stereocenters. The van der Waals surface area contributed by atoms with Crippen molar-refractivity contribution in [3.63, 3.8) is 0 Å². The Labute approximate surface area is 193 Å². The topological polar surface area (TPSA) is 105 Å². The van der Waals surface area contributed by atoms with Crippen LogP contribution in [0, 0.1) is 5.92 Å². The number of carbonyl (C=O) groups excluding carboxylic acids is 2. The number of carboxylic acid groups (broad SMARTS) is 1. The average molecular weight is 451 g/mol. The van der Waals surface area contributed by atoms with Crippen molar-refractivity contribution in [1.29, 1.82) is 0 Å². The lowest BCUT2D eigenvalue weighted by molar-refractivity contribution is -0.147. The lowest BCUT2D eigenvalue weighted by Gasteiger charge is -2.35. The largest absolute Gasteiger partial charge is 0.480 e. The summed E-state index contributed by atoms with van der Waals surface area (Å²) in [5, 5.41) is 14.8. The summed E-state index contributed by atoms with van der Waals surface area (Å²) in [6, 6.07) is 15.3. The van der Waals surface area contributed by atoms with Crippen LogP contribution in [0.15, 0.2) is 48.5 Å². The Hall–Kier alpha value is -3.35. The second kappa shape index (κ2) is 9.25. The Balaban J connectivity index is 1.44. The Morgan fingerprint density at radius 1 is 1.06 bits per heavy atom. The summed E-state index contributed by atoms with van der Waals surface area (Å²) >= 11 is 0. The molecule has 2 aliphatic carbocycles. The number of alkyl carbamates (subject to hydrolysis) is 1. The maximum Gasteiger partial charge on any atom is 0.407 e. The summed E-state index contributed by atoms with van der Waals surface area (Å²) in [6.07, 6.45) is 2.15. The third-order valence-electron chi connectivity index (χ3n) is 7.10. The molecule has 0 aromatic heterocycles. The Morgan fingerprint density at radius 3 is 2.12 bits per heavy atom. The van der Waals surface area contributed by atoms with Crippen molar-refractivity contribution >= 4 is 18.0 Å². The van der Waals surface area contributed by atoms with Gasteiger partial charge in [-0.2, -0.15) is 0 Å². The van der Waals surface area contributed by atoms with Crippen LogP contribution in [-0.2, 0) is 14.3 Å². The minimum Gasteiger partial charge on any atom is -0.480 e. The van der Waals surface area contributed by atoms with E-state index in [-0.39, 0.29) is 24.9 Å². The molecule has 174 valence electrons. The molecule has 2 aromatic carbocycles. The van der Waals surface area contributed by atoms with E-state index in [9.17, 15) is 19.5 Å². The second-order valence-electron chi connectivity index (χ2n) is 9.12. The predicted octanol–water partition coefficient (Wildman–Crippen LogP) is 4.06. The van der Waals surface area contributed by atoms with E-state index in [1.165, 1.54) is 6.92 Å². The third-order valence-corrected chi connectivity index (χ3v) is 7.10. The summed E-state index contributed by atoms with van der Waals surface area (Å²) in [6.45, 7) is 3.32. The van der Waals surface area contributed by atoms with Crippen LogP contribution in [0.3, 0.4) is 0 Å². The lowest BCUT2D eigenvalue weighted by Crippen LogP contribution is -2.60. The van der Waals surface area contributed by atoms with Crippen LogP contribution in [0.5, 0.6) is 0 Å². The SMILES string of the molecule is CCC(C)(NC(=O)C(NC(=O)OCC1c2ccccc2-c2ccccc21)C1CCC1)C(=O)O. The zero-order valence-corrected chi connectivity index (χ0v) is 19.0. The van der Waals surface area contributed by atoms with Gasteiger partial charge < -0.3 is 20.5 Å². The molecule has 7 heteroatoms. The molecule has 0 heterocycles. The summed E-state index contributed by atoms with van der Waals surface area (Å²) < 4.78 is 5.60. The lowest BCUT2D eigenvalue weighted by atomic mass is 9.79. The highest BCUT2D eigenvalue weighted by Gasteiger charge is 2.40. The summed E-state index contributed by atoms with van der Waals surface area (Å²) in [5.74, 6) is -1.69. The monoisotopic (exact) mass is 450 g/mol. The van der Waals surface area contributed by atoms with Gasteiger partial charge in [-0.3, -0.25) is 4.79 Å². The first-order valence-electron chi connectivity index (χ1n) is 11.5. The molecular weight excluding hydrogens is 420 g/mol. The van der Waals surface area contributed by atoms with Crippen molar-refractivity contribution in [3.8, 4) is 11.1 Å². The molecule has 0 spiro atoms. The summed E-state index contributed by atoms with van der Waals surface area (Å²) in [4.78, 5) is 37.3. The molecule has 1 fully saturated rings. The molecular formula is C26H30N2O5. The molecule has 7 nitrogen and oxygen atoms in total. The predicted molar refractivity (Wildman–Crippen MR) is 124 cm³/mol. The van der Waals surface area contributed by atoms with Crippen LogP contribution in [0.25, 0.3) is 11.1 Å². The number of hydrogen-bond donors (Lipinski definition) is 3. The van der Waals surface area contributed by atoms with Crippen LogP contribution >= 0.6 is 0 Å². The van der Waals surface area contributed by atoms with Gasteiger partial charge in [0.15, 0.2) is 0 Å². The van der Waals surface area contributed by atoms with E-state index < -0.39 is 29.6 Å².